The highest BCUT2D eigenvalue weighted by atomic mass is 16.4. The Kier molecular flexibility index (Phi) is 6.24. The highest BCUT2D eigenvalue weighted by molar-refractivity contribution is 5.85. The number of carbonyl (C=O) groups is 2. The smallest absolute Gasteiger partial charge is 0.310 e. The number of nitrogens with one attached hydrogen (secondary N) is 1. The maximum atomic E-state index is 11.9. The Morgan fingerprint density at radius 3 is 2.00 bits per heavy atom. The number of aliphatic carboxylic acids is 1. The van der Waals surface area contributed by atoms with Gasteiger partial charge in [0.15, 0.2) is 0 Å². The van der Waals surface area contributed by atoms with Crippen LogP contribution in [-0.4, -0.2) is 46.5 Å². The third-order valence-electron chi connectivity index (χ3n) is 3.82. The number of carboxylic acid groups (broad SMARTS) is 1. The van der Waals surface area contributed by atoms with E-state index in [1.165, 1.54) is 0 Å². The van der Waals surface area contributed by atoms with E-state index in [9.17, 15) is 14.7 Å². The lowest BCUT2D eigenvalue weighted by atomic mass is 9.77. The Morgan fingerprint density at radius 2 is 1.58 bits per heavy atom. The first-order valence-electron chi connectivity index (χ1n) is 6.78. The van der Waals surface area contributed by atoms with Crippen LogP contribution < -0.4 is 5.32 Å². The standard InChI is InChI=1S/C13H23NO5/c15-8-10(9-16)14-11(17)7-13(12(18)19)5-3-1-2-4-6-13/h10,15-16H,1-9H2,(H,14,17)(H,18,19). The van der Waals surface area contributed by atoms with Crippen molar-refractivity contribution in [1.29, 1.82) is 0 Å². The van der Waals surface area contributed by atoms with Gasteiger partial charge >= 0.3 is 5.97 Å². The fourth-order valence-electron chi connectivity index (χ4n) is 2.61. The van der Waals surface area contributed by atoms with Crippen LogP contribution in [0.4, 0.5) is 0 Å². The van der Waals surface area contributed by atoms with Crippen LogP contribution >= 0.6 is 0 Å². The van der Waals surface area contributed by atoms with Crippen LogP contribution in [0.5, 0.6) is 0 Å². The molecule has 6 nitrogen and oxygen atoms in total. The summed E-state index contributed by atoms with van der Waals surface area (Å²) >= 11 is 0. The largest absolute Gasteiger partial charge is 0.481 e. The average molecular weight is 273 g/mol. The molecule has 1 aliphatic carbocycles. The monoisotopic (exact) mass is 273 g/mol. The highest BCUT2D eigenvalue weighted by Crippen LogP contribution is 2.38. The van der Waals surface area contributed by atoms with Crippen molar-refractivity contribution in [2.24, 2.45) is 5.41 Å². The molecular weight excluding hydrogens is 250 g/mol. The van der Waals surface area contributed by atoms with E-state index < -0.39 is 23.3 Å². The van der Waals surface area contributed by atoms with Crippen LogP contribution in [0.1, 0.15) is 44.9 Å². The van der Waals surface area contributed by atoms with E-state index in [2.05, 4.69) is 5.32 Å². The Morgan fingerprint density at radius 1 is 1.05 bits per heavy atom. The molecule has 1 rings (SSSR count). The first-order valence-corrected chi connectivity index (χ1v) is 6.78. The van der Waals surface area contributed by atoms with Gasteiger partial charge in [-0.3, -0.25) is 9.59 Å². The molecule has 0 atom stereocenters. The zero-order valence-electron chi connectivity index (χ0n) is 11.1. The number of hydrogen-bond acceptors (Lipinski definition) is 4. The second kappa shape index (κ2) is 7.45. The quantitative estimate of drug-likeness (QED) is 0.520. The third kappa shape index (κ3) is 4.47. The average Bonchev–Trinajstić information content (AvgIpc) is 2.62. The molecule has 0 aromatic carbocycles. The molecule has 110 valence electrons. The molecule has 0 bridgehead atoms. The summed E-state index contributed by atoms with van der Waals surface area (Å²) in [6.07, 6.45) is 4.60. The minimum atomic E-state index is -0.990. The van der Waals surface area contributed by atoms with Crippen LogP contribution in [0.2, 0.25) is 0 Å². The van der Waals surface area contributed by atoms with Gasteiger partial charge in [-0.2, -0.15) is 0 Å². The summed E-state index contributed by atoms with van der Waals surface area (Å²) in [5, 5.41) is 29.7. The van der Waals surface area contributed by atoms with E-state index in [4.69, 9.17) is 10.2 Å². The van der Waals surface area contributed by atoms with Gasteiger partial charge in [0.25, 0.3) is 0 Å². The molecule has 0 spiro atoms. The second-order valence-corrected chi connectivity index (χ2v) is 5.31. The Balaban J connectivity index is 2.67. The van der Waals surface area contributed by atoms with Crippen molar-refractivity contribution in [3.8, 4) is 0 Å². The number of aliphatic hydroxyl groups is 2. The lowest BCUT2D eigenvalue weighted by molar-refractivity contribution is -0.153. The molecule has 0 heterocycles. The van der Waals surface area contributed by atoms with Crippen LogP contribution in [0.3, 0.4) is 0 Å². The molecule has 0 aromatic heterocycles. The van der Waals surface area contributed by atoms with Gasteiger partial charge in [0.05, 0.1) is 24.7 Å². The van der Waals surface area contributed by atoms with Gasteiger partial charge in [0, 0.05) is 6.42 Å². The molecule has 0 aliphatic heterocycles. The Bertz CT molecular complexity index is 306. The normalized spacial score (nSPS) is 18.9. The topological polar surface area (TPSA) is 107 Å². The molecule has 0 unspecified atom stereocenters. The minimum absolute atomic E-state index is 0.0845. The molecule has 19 heavy (non-hydrogen) atoms. The van der Waals surface area contributed by atoms with Crippen molar-refractivity contribution in [2.45, 2.75) is 51.0 Å². The summed E-state index contributed by atoms with van der Waals surface area (Å²) in [6.45, 7) is -0.718. The van der Waals surface area contributed by atoms with Crippen LogP contribution in [0, 0.1) is 5.41 Å². The molecule has 1 saturated carbocycles. The molecular formula is C13H23NO5. The number of carbonyl (C=O) groups excluding carboxylic acids is 1. The third-order valence-corrected chi connectivity index (χ3v) is 3.82. The van der Waals surface area contributed by atoms with Crippen molar-refractivity contribution in [3.05, 3.63) is 0 Å². The zero-order chi connectivity index (χ0) is 14.3. The van der Waals surface area contributed by atoms with Crippen LogP contribution in [-0.2, 0) is 9.59 Å². The fourth-order valence-corrected chi connectivity index (χ4v) is 2.61. The maximum absolute atomic E-state index is 11.9. The van der Waals surface area contributed by atoms with Gasteiger partial charge in [0.2, 0.25) is 5.91 Å². The molecule has 0 saturated heterocycles. The van der Waals surface area contributed by atoms with Gasteiger partial charge in [-0.05, 0) is 12.8 Å². The SMILES string of the molecule is O=C(CC1(C(=O)O)CCCCCC1)NC(CO)CO. The number of carboxylic acids is 1. The van der Waals surface area contributed by atoms with E-state index in [1.54, 1.807) is 0 Å². The molecule has 4 N–H and O–H groups in total. The predicted molar refractivity (Wildman–Crippen MR) is 68.5 cm³/mol. The van der Waals surface area contributed by atoms with Gasteiger partial charge < -0.3 is 20.6 Å². The highest BCUT2D eigenvalue weighted by Gasteiger charge is 2.40. The number of amides is 1. The van der Waals surface area contributed by atoms with E-state index >= 15 is 0 Å². The van der Waals surface area contributed by atoms with Crippen LogP contribution in [0.25, 0.3) is 0 Å². The minimum Gasteiger partial charge on any atom is -0.481 e. The molecule has 0 radical (unpaired) electrons. The fraction of sp³-hybridized carbons (Fsp3) is 0.846. The van der Waals surface area contributed by atoms with Crippen molar-refractivity contribution in [3.63, 3.8) is 0 Å². The number of hydrogen-bond donors (Lipinski definition) is 4. The Labute approximate surface area is 112 Å². The molecule has 6 heteroatoms. The van der Waals surface area contributed by atoms with Gasteiger partial charge in [-0.15, -0.1) is 0 Å². The first kappa shape index (κ1) is 15.9. The van der Waals surface area contributed by atoms with Crippen molar-refractivity contribution < 1.29 is 24.9 Å². The van der Waals surface area contributed by atoms with E-state index in [0.717, 1.165) is 25.7 Å². The van der Waals surface area contributed by atoms with Gasteiger partial charge in [0.1, 0.15) is 0 Å². The summed E-state index contributed by atoms with van der Waals surface area (Å²) < 4.78 is 0. The molecule has 1 amide bonds. The van der Waals surface area contributed by atoms with E-state index in [-0.39, 0.29) is 19.6 Å². The predicted octanol–water partition coefficient (Wildman–Crippen LogP) is 0.271. The summed E-state index contributed by atoms with van der Waals surface area (Å²) in [7, 11) is 0. The molecule has 0 aromatic rings. The zero-order valence-corrected chi connectivity index (χ0v) is 11.1. The van der Waals surface area contributed by atoms with Crippen molar-refractivity contribution >= 4 is 11.9 Å². The Hall–Kier alpha value is -1.14. The summed E-state index contributed by atoms with van der Waals surface area (Å²) in [5.74, 6) is -1.34. The van der Waals surface area contributed by atoms with Gasteiger partial charge in [-0.1, -0.05) is 25.7 Å². The summed E-state index contributed by atoms with van der Waals surface area (Å²) in [6, 6.07) is -0.718. The summed E-state index contributed by atoms with van der Waals surface area (Å²) in [5.41, 5.74) is -0.990. The van der Waals surface area contributed by atoms with E-state index in [0.29, 0.717) is 12.8 Å². The molecule has 1 fully saturated rings. The van der Waals surface area contributed by atoms with E-state index in [1.807, 2.05) is 0 Å². The lowest BCUT2D eigenvalue weighted by Crippen LogP contribution is -2.44. The number of aliphatic hydroxyl groups excluding tert-OH is 2. The van der Waals surface area contributed by atoms with Crippen LogP contribution in [0.15, 0.2) is 0 Å². The lowest BCUT2D eigenvalue weighted by Gasteiger charge is -2.28. The van der Waals surface area contributed by atoms with Crippen molar-refractivity contribution in [2.75, 3.05) is 13.2 Å². The first-order chi connectivity index (χ1) is 9.04. The molecule has 1 aliphatic rings. The van der Waals surface area contributed by atoms with Crippen molar-refractivity contribution in [1.82, 2.24) is 5.32 Å². The summed E-state index contributed by atoms with van der Waals surface area (Å²) in [4.78, 5) is 23.4. The second-order valence-electron chi connectivity index (χ2n) is 5.31. The number of rotatable bonds is 6. The maximum Gasteiger partial charge on any atom is 0.310 e. The van der Waals surface area contributed by atoms with Gasteiger partial charge in [-0.25, -0.2) is 0 Å².